The third kappa shape index (κ3) is 10.7. The summed E-state index contributed by atoms with van der Waals surface area (Å²) in [6.07, 6.45) is 1.63. The predicted molar refractivity (Wildman–Crippen MR) is 198 cm³/mol. The zero-order valence-corrected chi connectivity index (χ0v) is 29.6. The molecule has 0 aromatic carbocycles. The van der Waals surface area contributed by atoms with Gasteiger partial charge in [0.1, 0.15) is 0 Å². The van der Waals surface area contributed by atoms with Crippen molar-refractivity contribution in [1.29, 1.82) is 0 Å². The Labute approximate surface area is 296 Å². The zero-order valence-electron chi connectivity index (χ0n) is 29.6. The van der Waals surface area contributed by atoms with Gasteiger partial charge in [-0.25, -0.2) is 0 Å². The molecule has 6 heterocycles. The lowest BCUT2D eigenvalue weighted by molar-refractivity contribution is 0.238. The Bertz CT molecular complexity index is 1770. The van der Waals surface area contributed by atoms with Crippen LogP contribution in [-0.4, -0.2) is 39.7 Å². The summed E-state index contributed by atoms with van der Waals surface area (Å²) in [7, 11) is 0. The van der Waals surface area contributed by atoms with Crippen LogP contribution in [0.15, 0.2) is 109 Å². The van der Waals surface area contributed by atoms with E-state index in [1.54, 1.807) is 0 Å². The van der Waals surface area contributed by atoms with Crippen LogP contribution >= 0.6 is 0 Å². The number of pyridine rings is 6. The van der Waals surface area contributed by atoms with Crippen molar-refractivity contribution in [3.63, 3.8) is 0 Å². The third-order valence-electron chi connectivity index (χ3n) is 8.46. The van der Waals surface area contributed by atoms with Gasteiger partial charge in [0.05, 0.1) is 34.2 Å². The Morgan fingerprint density at radius 3 is 0.780 bits per heavy atom. The van der Waals surface area contributed by atoms with E-state index in [2.05, 4.69) is 94.7 Å². The maximum atomic E-state index is 5.09. The van der Waals surface area contributed by atoms with Crippen molar-refractivity contribution < 1.29 is 0 Å². The van der Waals surface area contributed by atoms with Crippen LogP contribution in [0.2, 0.25) is 0 Å². The van der Waals surface area contributed by atoms with Crippen LogP contribution in [0.1, 0.15) is 68.3 Å². The fourth-order valence-corrected chi connectivity index (χ4v) is 6.23. The highest BCUT2D eigenvalue weighted by molar-refractivity contribution is 5.18. The van der Waals surface area contributed by atoms with Crippen molar-refractivity contribution in [2.45, 2.75) is 79.8 Å². The van der Waals surface area contributed by atoms with Crippen LogP contribution in [0.4, 0.5) is 0 Å². The summed E-state index contributed by atoms with van der Waals surface area (Å²) >= 11 is 0. The van der Waals surface area contributed by atoms with Crippen LogP contribution in [0.3, 0.4) is 0 Å². The normalized spacial score (nSPS) is 11.4. The number of aryl methyl sites for hydroxylation is 6. The van der Waals surface area contributed by atoms with E-state index in [0.29, 0.717) is 13.1 Å². The second kappa shape index (κ2) is 17.0. The summed E-state index contributed by atoms with van der Waals surface area (Å²) in [5, 5.41) is 0. The molecule has 6 aromatic heterocycles. The smallest absolute Gasteiger partial charge is 0.0547 e. The second-order valence-electron chi connectivity index (χ2n) is 13.1. The standard InChI is InChI=1S/C42H46N8/c1-31-11-5-17-37(43-31)25-49(26-38-18-6-12-32(2)44-38)29-41-21-9-15-35(47-41)23-24-36-16-10-22-42(48-36)30-50(27-39-19-7-13-33(3)45-39)28-40-20-8-14-34(4)46-40/h5-22H,23-30H2,1-4H3. The zero-order chi connectivity index (χ0) is 34.7. The highest BCUT2D eigenvalue weighted by Gasteiger charge is 2.14. The van der Waals surface area contributed by atoms with Gasteiger partial charge in [0, 0.05) is 73.4 Å². The number of hydrogen-bond acceptors (Lipinski definition) is 8. The molecule has 0 saturated heterocycles. The molecule has 6 aromatic rings. The number of nitrogens with zero attached hydrogens (tertiary/aromatic N) is 8. The van der Waals surface area contributed by atoms with Crippen LogP contribution in [0, 0.1) is 27.7 Å². The van der Waals surface area contributed by atoms with Crippen molar-refractivity contribution in [2.75, 3.05) is 0 Å². The van der Waals surface area contributed by atoms with E-state index in [4.69, 9.17) is 29.9 Å². The van der Waals surface area contributed by atoms with Crippen molar-refractivity contribution >= 4 is 0 Å². The van der Waals surface area contributed by atoms with Gasteiger partial charge in [-0.05, 0) is 113 Å². The first kappa shape index (κ1) is 34.7. The summed E-state index contributed by atoms with van der Waals surface area (Å²) in [6.45, 7) is 12.4. The highest BCUT2D eigenvalue weighted by Crippen LogP contribution is 2.16. The fraction of sp³-hybridized carbons (Fsp3) is 0.286. The van der Waals surface area contributed by atoms with Gasteiger partial charge in [0.2, 0.25) is 0 Å². The lowest BCUT2D eigenvalue weighted by Crippen LogP contribution is -2.24. The molecular formula is C42H46N8. The molecule has 8 heteroatoms. The van der Waals surface area contributed by atoms with Crippen LogP contribution in [0.5, 0.6) is 0 Å². The van der Waals surface area contributed by atoms with Crippen LogP contribution in [-0.2, 0) is 52.1 Å². The van der Waals surface area contributed by atoms with Crippen LogP contribution in [0.25, 0.3) is 0 Å². The Morgan fingerprint density at radius 1 is 0.300 bits per heavy atom. The highest BCUT2D eigenvalue weighted by atomic mass is 15.2. The van der Waals surface area contributed by atoms with E-state index < -0.39 is 0 Å². The molecule has 50 heavy (non-hydrogen) atoms. The van der Waals surface area contributed by atoms with Gasteiger partial charge in [-0.3, -0.25) is 39.7 Å². The van der Waals surface area contributed by atoms with E-state index in [-0.39, 0.29) is 0 Å². The Balaban J connectivity index is 1.13. The SMILES string of the molecule is Cc1cccc(CN(Cc2cccc(C)n2)Cc2cccc(CCc3cccc(CN(Cc4cccc(C)n4)Cc4cccc(C)n4)n3)n2)n1. The van der Waals surface area contributed by atoms with Crippen molar-refractivity contribution in [2.24, 2.45) is 0 Å². The molecule has 0 aliphatic heterocycles. The number of hydrogen-bond donors (Lipinski definition) is 0. The summed E-state index contributed by atoms with van der Waals surface area (Å²) in [5.74, 6) is 0. The molecule has 0 aliphatic rings. The van der Waals surface area contributed by atoms with Gasteiger partial charge in [-0.15, -0.1) is 0 Å². The van der Waals surface area contributed by atoms with E-state index in [0.717, 1.165) is 107 Å². The topological polar surface area (TPSA) is 83.8 Å². The largest absolute Gasteiger partial charge is 0.286 e. The Morgan fingerprint density at radius 2 is 0.520 bits per heavy atom. The average Bonchev–Trinajstić information content (AvgIpc) is 3.08. The van der Waals surface area contributed by atoms with Crippen molar-refractivity contribution in [3.05, 3.63) is 178 Å². The molecular weight excluding hydrogens is 617 g/mol. The predicted octanol–water partition coefficient (Wildman–Crippen LogP) is 7.48. The molecule has 254 valence electrons. The molecule has 0 aliphatic carbocycles. The Kier molecular flexibility index (Phi) is 11.8. The molecule has 0 bridgehead atoms. The summed E-state index contributed by atoms with van der Waals surface area (Å²) in [5.41, 5.74) is 12.5. The maximum Gasteiger partial charge on any atom is 0.0547 e. The van der Waals surface area contributed by atoms with Crippen LogP contribution < -0.4 is 0 Å². The first-order chi connectivity index (χ1) is 24.3. The van der Waals surface area contributed by atoms with Gasteiger partial charge in [-0.2, -0.15) is 0 Å². The first-order valence-corrected chi connectivity index (χ1v) is 17.4. The molecule has 6 rings (SSSR count). The molecule has 0 spiro atoms. The summed E-state index contributed by atoms with van der Waals surface area (Å²) in [6, 6.07) is 37.5. The molecule has 0 unspecified atom stereocenters. The minimum absolute atomic E-state index is 0.703. The molecule has 0 amide bonds. The Hall–Kier alpha value is -5.18. The molecule has 0 radical (unpaired) electrons. The number of rotatable bonds is 15. The van der Waals surface area contributed by atoms with Gasteiger partial charge in [-0.1, -0.05) is 36.4 Å². The van der Waals surface area contributed by atoms with Gasteiger partial charge < -0.3 is 0 Å². The minimum Gasteiger partial charge on any atom is -0.286 e. The quantitative estimate of drug-likeness (QED) is 0.112. The lowest BCUT2D eigenvalue weighted by Gasteiger charge is -2.22. The lowest BCUT2D eigenvalue weighted by atomic mass is 10.1. The van der Waals surface area contributed by atoms with E-state index in [9.17, 15) is 0 Å². The third-order valence-corrected chi connectivity index (χ3v) is 8.46. The monoisotopic (exact) mass is 662 g/mol. The molecule has 0 saturated carbocycles. The summed E-state index contributed by atoms with van der Waals surface area (Å²) in [4.78, 5) is 34.0. The van der Waals surface area contributed by atoms with Crippen molar-refractivity contribution in [3.8, 4) is 0 Å². The molecule has 8 nitrogen and oxygen atoms in total. The maximum absolute atomic E-state index is 5.09. The van der Waals surface area contributed by atoms with Gasteiger partial charge in [0.25, 0.3) is 0 Å². The molecule has 0 fully saturated rings. The molecule has 0 atom stereocenters. The second-order valence-corrected chi connectivity index (χ2v) is 13.1. The fourth-order valence-electron chi connectivity index (χ4n) is 6.23. The van der Waals surface area contributed by atoms with Gasteiger partial charge >= 0.3 is 0 Å². The van der Waals surface area contributed by atoms with E-state index >= 15 is 0 Å². The first-order valence-electron chi connectivity index (χ1n) is 17.4. The summed E-state index contributed by atoms with van der Waals surface area (Å²) < 4.78 is 0. The number of aromatic nitrogens is 6. The van der Waals surface area contributed by atoms with Gasteiger partial charge in [0.15, 0.2) is 0 Å². The van der Waals surface area contributed by atoms with E-state index in [1.807, 2.05) is 52.0 Å². The average molecular weight is 663 g/mol. The molecule has 0 N–H and O–H groups in total. The minimum atomic E-state index is 0.703. The van der Waals surface area contributed by atoms with E-state index in [1.165, 1.54) is 0 Å². The van der Waals surface area contributed by atoms with Crippen molar-refractivity contribution in [1.82, 2.24) is 39.7 Å².